The summed E-state index contributed by atoms with van der Waals surface area (Å²) in [7, 11) is 0. The van der Waals surface area contributed by atoms with Gasteiger partial charge < -0.3 is 0 Å². The summed E-state index contributed by atoms with van der Waals surface area (Å²) >= 11 is 0. The highest BCUT2D eigenvalue weighted by Gasteiger charge is 2.34. The van der Waals surface area contributed by atoms with E-state index in [1.165, 1.54) is 12.7 Å². The molecule has 26 heavy (non-hydrogen) atoms. The predicted molar refractivity (Wildman–Crippen MR) is 99.1 cm³/mol. The highest BCUT2D eigenvalue weighted by atomic mass is 17.2. The lowest BCUT2D eigenvalue weighted by Gasteiger charge is -2.34. The van der Waals surface area contributed by atoms with Crippen LogP contribution in [0.1, 0.15) is 81.0 Å². The molecule has 0 N–H and O–H groups in total. The standard InChI is InChI=1S/C19H35N3O4/c1-16(2,3)23-25-18(7,8)10-11-19(9,26-24-17(4,5)6)12-15-21-13-20-14-22-15/h13-14H,10-12H2,1-9H3. The van der Waals surface area contributed by atoms with Crippen LogP contribution in [0.5, 0.6) is 0 Å². The topological polar surface area (TPSA) is 75.6 Å². The van der Waals surface area contributed by atoms with Gasteiger partial charge in [0.25, 0.3) is 0 Å². The molecule has 0 aliphatic heterocycles. The van der Waals surface area contributed by atoms with Gasteiger partial charge in [-0.15, -0.1) is 0 Å². The van der Waals surface area contributed by atoms with Gasteiger partial charge >= 0.3 is 0 Å². The van der Waals surface area contributed by atoms with Crippen molar-refractivity contribution < 1.29 is 19.6 Å². The molecule has 0 aliphatic carbocycles. The summed E-state index contributed by atoms with van der Waals surface area (Å²) in [5.74, 6) is 0.657. The first-order valence-electron chi connectivity index (χ1n) is 9.04. The maximum atomic E-state index is 5.84. The summed E-state index contributed by atoms with van der Waals surface area (Å²) in [4.78, 5) is 34.9. The third-order valence-electron chi connectivity index (χ3n) is 3.34. The van der Waals surface area contributed by atoms with E-state index in [9.17, 15) is 0 Å². The molecule has 1 heterocycles. The Balaban J connectivity index is 2.77. The molecule has 0 saturated carbocycles. The molecule has 0 bridgehead atoms. The second-order valence-electron chi connectivity index (χ2n) is 9.50. The molecular weight excluding hydrogens is 334 g/mol. The van der Waals surface area contributed by atoms with Crippen LogP contribution in [0.3, 0.4) is 0 Å². The third-order valence-corrected chi connectivity index (χ3v) is 3.34. The second-order valence-corrected chi connectivity index (χ2v) is 9.50. The van der Waals surface area contributed by atoms with Crippen molar-refractivity contribution in [3.63, 3.8) is 0 Å². The van der Waals surface area contributed by atoms with Gasteiger partial charge in [0.05, 0.1) is 16.8 Å². The van der Waals surface area contributed by atoms with Crippen LogP contribution in [0.2, 0.25) is 0 Å². The van der Waals surface area contributed by atoms with Crippen LogP contribution in [-0.4, -0.2) is 37.4 Å². The smallest absolute Gasteiger partial charge is 0.134 e. The molecule has 1 atom stereocenters. The van der Waals surface area contributed by atoms with Gasteiger partial charge in [-0.3, -0.25) is 0 Å². The summed E-state index contributed by atoms with van der Waals surface area (Å²) in [5, 5.41) is 0. The van der Waals surface area contributed by atoms with Crippen LogP contribution in [0.15, 0.2) is 12.7 Å². The minimum absolute atomic E-state index is 0.364. The van der Waals surface area contributed by atoms with Gasteiger partial charge in [-0.25, -0.2) is 34.5 Å². The van der Waals surface area contributed by atoms with E-state index in [0.29, 0.717) is 25.1 Å². The van der Waals surface area contributed by atoms with E-state index in [1.807, 2.05) is 62.3 Å². The quantitative estimate of drug-likeness (QED) is 0.476. The molecule has 0 saturated heterocycles. The Kier molecular flexibility index (Phi) is 7.65. The van der Waals surface area contributed by atoms with Crippen molar-refractivity contribution in [2.75, 3.05) is 0 Å². The Morgan fingerprint density at radius 2 is 1.19 bits per heavy atom. The average molecular weight is 370 g/mol. The fraction of sp³-hybridized carbons (Fsp3) is 0.842. The van der Waals surface area contributed by atoms with E-state index in [2.05, 4.69) is 15.0 Å². The third kappa shape index (κ3) is 10.1. The van der Waals surface area contributed by atoms with E-state index in [0.717, 1.165) is 0 Å². The lowest BCUT2D eigenvalue weighted by atomic mass is 9.90. The first-order valence-corrected chi connectivity index (χ1v) is 9.04. The Morgan fingerprint density at radius 1 is 0.692 bits per heavy atom. The molecule has 0 amide bonds. The van der Waals surface area contributed by atoms with Crippen LogP contribution in [0, 0.1) is 0 Å². The highest BCUT2D eigenvalue weighted by Crippen LogP contribution is 2.30. The number of nitrogens with zero attached hydrogens (tertiary/aromatic N) is 3. The van der Waals surface area contributed by atoms with Crippen molar-refractivity contribution in [2.45, 2.75) is 104 Å². The van der Waals surface area contributed by atoms with Gasteiger partial charge in [0, 0.05) is 6.42 Å². The van der Waals surface area contributed by atoms with E-state index in [1.54, 1.807) is 0 Å². The molecule has 7 nitrogen and oxygen atoms in total. The zero-order chi connectivity index (χ0) is 20.1. The molecule has 1 aromatic rings. The maximum absolute atomic E-state index is 5.84. The minimum Gasteiger partial charge on any atom is -0.230 e. The largest absolute Gasteiger partial charge is 0.230 e. The highest BCUT2D eigenvalue weighted by molar-refractivity contribution is 4.92. The number of rotatable bonds is 9. The van der Waals surface area contributed by atoms with Crippen LogP contribution in [-0.2, 0) is 26.0 Å². The van der Waals surface area contributed by atoms with Crippen molar-refractivity contribution in [3.05, 3.63) is 18.5 Å². The van der Waals surface area contributed by atoms with Crippen LogP contribution in [0.4, 0.5) is 0 Å². The lowest BCUT2D eigenvalue weighted by molar-refractivity contribution is -0.412. The molecule has 1 unspecified atom stereocenters. The van der Waals surface area contributed by atoms with Gasteiger partial charge in [-0.2, -0.15) is 0 Å². The van der Waals surface area contributed by atoms with E-state index in [-0.39, 0.29) is 5.60 Å². The van der Waals surface area contributed by atoms with Crippen molar-refractivity contribution in [2.24, 2.45) is 0 Å². The Labute approximate surface area is 157 Å². The van der Waals surface area contributed by atoms with Crippen molar-refractivity contribution in [3.8, 4) is 0 Å². The fourth-order valence-corrected chi connectivity index (χ4v) is 1.92. The van der Waals surface area contributed by atoms with Crippen molar-refractivity contribution in [1.82, 2.24) is 15.0 Å². The monoisotopic (exact) mass is 369 g/mol. The van der Waals surface area contributed by atoms with Crippen molar-refractivity contribution >= 4 is 0 Å². The zero-order valence-electron chi connectivity index (χ0n) is 17.8. The molecular formula is C19H35N3O4. The fourth-order valence-electron chi connectivity index (χ4n) is 1.92. The number of hydrogen-bond donors (Lipinski definition) is 0. The predicted octanol–water partition coefficient (Wildman–Crippen LogP) is 4.23. The summed E-state index contributed by atoms with van der Waals surface area (Å²) < 4.78 is 0. The molecule has 1 aromatic heterocycles. The molecule has 0 fully saturated rings. The summed E-state index contributed by atoms with van der Waals surface area (Å²) in [6, 6.07) is 0. The van der Waals surface area contributed by atoms with Gasteiger partial charge in [-0.05, 0) is 75.2 Å². The summed E-state index contributed by atoms with van der Waals surface area (Å²) in [5.41, 5.74) is -1.87. The van der Waals surface area contributed by atoms with E-state index < -0.39 is 16.8 Å². The summed E-state index contributed by atoms with van der Waals surface area (Å²) in [6.07, 6.45) is 4.85. The van der Waals surface area contributed by atoms with Crippen LogP contribution in [0.25, 0.3) is 0 Å². The number of aromatic nitrogens is 3. The zero-order valence-corrected chi connectivity index (χ0v) is 17.8. The average Bonchev–Trinajstić information content (AvgIpc) is 2.50. The number of hydrogen-bond acceptors (Lipinski definition) is 7. The van der Waals surface area contributed by atoms with E-state index >= 15 is 0 Å². The molecule has 0 radical (unpaired) electrons. The van der Waals surface area contributed by atoms with Gasteiger partial charge in [0.1, 0.15) is 24.1 Å². The van der Waals surface area contributed by atoms with Crippen LogP contribution < -0.4 is 0 Å². The first-order chi connectivity index (χ1) is 11.7. The Morgan fingerprint density at radius 3 is 1.69 bits per heavy atom. The molecule has 150 valence electrons. The lowest BCUT2D eigenvalue weighted by Crippen LogP contribution is -2.39. The van der Waals surface area contributed by atoms with Gasteiger partial charge in [-0.1, -0.05) is 0 Å². The van der Waals surface area contributed by atoms with Gasteiger partial charge in [0.15, 0.2) is 0 Å². The Hall–Kier alpha value is -1.15. The van der Waals surface area contributed by atoms with Gasteiger partial charge in [0.2, 0.25) is 0 Å². The molecule has 1 rings (SSSR count). The van der Waals surface area contributed by atoms with Crippen molar-refractivity contribution in [1.29, 1.82) is 0 Å². The van der Waals surface area contributed by atoms with E-state index in [4.69, 9.17) is 19.6 Å². The molecule has 0 aromatic carbocycles. The SMILES string of the molecule is CC(C)(C)OOC(C)(C)CCC(C)(Cc1ncncn1)OOC(C)(C)C. The Bertz CT molecular complexity index is 538. The normalized spacial score (nSPS) is 15.7. The second kappa shape index (κ2) is 8.69. The summed E-state index contributed by atoms with van der Waals surface area (Å²) in [6.45, 7) is 17.7. The molecule has 7 heteroatoms. The van der Waals surface area contributed by atoms with Crippen LogP contribution >= 0.6 is 0 Å². The first kappa shape index (κ1) is 22.9. The molecule has 0 spiro atoms. The maximum Gasteiger partial charge on any atom is 0.134 e. The minimum atomic E-state index is -0.614. The molecule has 0 aliphatic rings.